The van der Waals surface area contributed by atoms with Crippen LogP contribution in [-0.2, 0) is 0 Å². The number of rotatable bonds is 4. The number of aromatic carboxylic acids is 1. The monoisotopic (exact) mass is 234 g/mol. The molecule has 0 bridgehead atoms. The van der Waals surface area contributed by atoms with Crippen molar-refractivity contribution in [1.29, 1.82) is 0 Å². The lowest BCUT2D eigenvalue weighted by atomic mass is 10.1. The fourth-order valence-corrected chi connectivity index (χ4v) is 1.06. The van der Waals surface area contributed by atoms with Gasteiger partial charge in [0.05, 0.1) is 11.1 Å². The Labute approximate surface area is 87.3 Å². The number of carboxylic acids is 1. The number of ether oxygens (including phenoxy) is 1. The predicted octanol–water partition coefficient (Wildman–Crippen LogP) is 1.94. The molecule has 0 amide bonds. The van der Waals surface area contributed by atoms with Gasteiger partial charge < -0.3 is 9.84 Å². The van der Waals surface area contributed by atoms with Crippen LogP contribution in [0.5, 0.6) is 5.75 Å². The standard InChI is InChI=1S/C9H5F3O4/c10-7-5(3-13)4(8(14)15)1-2-6(7)16-9(11)12/h1-3,9H,(H,14,15). The summed E-state index contributed by atoms with van der Waals surface area (Å²) in [6.45, 7) is -3.26. The summed E-state index contributed by atoms with van der Waals surface area (Å²) in [5.41, 5.74) is -1.44. The van der Waals surface area contributed by atoms with Crippen LogP contribution in [0.4, 0.5) is 13.2 Å². The summed E-state index contributed by atoms with van der Waals surface area (Å²) in [7, 11) is 0. The molecule has 1 aromatic rings. The van der Waals surface area contributed by atoms with Crippen LogP contribution in [0.1, 0.15) is 20.7 Å². The Morgan fingerprint density at radius 2 is 2.06 bits per heavy atom. The van der Waals surface area contributed by atoms with Gasteiger partial charge in [-0.2, -0.15) is 8.78 Å². The summed E-state index contributed by atoms with van der Waals surface area (Å²) >= 11 is 0. The Morgan fingerprint density at radius 1 is 1.44 bits per heavy atom. The number of hydrogen-bond donors (Lipinski definition) is 1. The summed E-state index contributed by atoms with van der Waals surface area (Å²) in [6.07, 6.45) is -0.0723. The van der Waals surface area contributed by atoms with E-state index in [0.717, 1.165) is 12.1 Å². The SMILES string of the molecule is O=Cc1c(C(=O)O)ccc(OC(F)F)c1F. The first-order valence-corrected chi connectivity index (χ1v) is 3.93. The molecule has 86 valence electrons. The van der Waals surface area contributed by atoms with Gasteiger partial charge in [-0.15, -0.1) is 0 Å². The van der Waals surface area contributed by atoms with Crippen molar-refractivity contribution in [1.82, 2.24) is 0 Å². The van der Waals surface area contributed by atoms with Gasteiger partial charge in [-0.3, -0.25) is 4.79 Å². The van der Waals surface area contributed by atoms with E-state index in [9.17, 15) is 22.8 Å². The van der Waals surface area contributed by atoms with Crippen LogP contribution in [0.15, 0.2) is 12.1 Å². The van der Waals surface area contributed by atoms with Gasteiger partial charge in [0.1, 0.15) is 0 Å². The topological polar surface area (TPSA) is 63.6 Å². The minimum atomic E-state index is -3.26. The van der Waals surface area contributed by atoms with Crippen LogP contribution in [0.25, 0.3) is 0 Å². The molecular formula is C9H5F3O4. The third-order valence-electron chi connectivity index (χ3n) is 1.71. The van der Waals surface area contributed by atoms with E-state index in [2.05, 4.69) is 4.74 Å². The second kappa shape index (κ2) is 4.65. The summed E-state index contributed by atoms with van der Waals surface area (Å²) in [5, 5.41) is 8.58. The summed E-state index contributed by atoms with van der Waals surface area (Å²) in [4.78, 5) is 21.0. The third-order valence-corrected chi connectivity index (χ3v) is 1.71. The van der Waals surface area contributed by atoms with Gasteiger partial charge in [-0.1, -0.05) is 0 Å². The van der Waals surface area contributed by atoms with Crippen LogP contribution in [0.2, 0.25) is 0 Å². The molecule has 0 aromatic heterocycles. The molecule has 0 atom stereocenters. The second-order valence-corrected chi connectivity index (χ2v) is 2.64. The molecule has 0 aliphatic heterocycles. The van der Waals surface area contributed by atoms with Crippen molar-refractivity contribution in [2.24, 2.45) is 0 Å². The van der Waals surface area contributed by atoms with Crippen molar-refractivity contribution in [2.45, 2.75) is 6.61 Å². The minimum Gasteiger partial charge on any atom is -0.478 e. The Balaban J connectivity index is 3.28. The quantitative estimate of drug-likeness (QED) is 0.808. The zero-order valence-electron chi connectivity index (χ0n) is 7.62. The fourth-order valence-electron chi connectivity index (χ4n) is 1.06. The van der Waals surface area contributed by atoms with Crippen molar-refractivity contribution in [3.63, 3.8) is 0 Å². The van der Waals surface area contributed by atoms with Gasteiger partial charge in [0.2, 0.25) is 0 Å². The number of carbonyl (C=O) groups excluding carboxylic acids is 1. The van der Waals surface area contributed by atoms with Gasteiger partial charge in [-0.25, -0.2) is 9.18 Å². The Bertz CT molecular complexity index is 431. The maximum absolute atomic E-state index is 13.3. The van der Waals surface area contributed by atoms with Gasteiger partial charge >= 0.3 is 12.6 Å². The van der Waals surface area contributed by atoms with Gasteiger partial charge in [-0.05, 0) is 12.1 Å². The van der Waals surface area contributed by atoms with Crippen molar-refractivity contribution in [3.8, 4) is 5.75 Å². The Morgan fingerprint density at radius 3 is 2.50 bits per heavy atom. The van der Waals surface area contributed by atoms with E-state index >= 15 is 0 Å². The summed E-state index contributed by atoms with van der Waals surface area (Å²) in [5.74, 6) is -3.83. The van der Waals surface area contributed by atoms with E-state index in [1.807, 2.05) is 0 Å². The lowest BCUT2D eigenvalue weighted by Gasteiger charge is -2.08. The van der Waals surface area contributed by atoms with E-state index in [0.29, 0.717) is 0 Å². The molecule has 0 radical (unpaired) electrons. The highest BCUT2D eigenvalue weighted by Gasteiger charge is 2.19. The minimum absolute atomic E-state index is 0.0723. The molecule has 0 saturated carbocycles. The number of carboxylic acid groups (broad SMARTS) is 1. The summed E-state index contributed by atoms with van der Waals surface area (Å²) in [6, 6.07) is 1.53. The lowest BCUT2D eigenvalue weighted by molar-refractivity contribution is -0.0522. The molecule has 1 rings (SSSR count). The molecule has 0 heterocycles. The molecule has 0 saturated heterocycles. The smallest absolute Gasteiger partial charge is 0.387 e. The van der Waals surface area contributed by atoms with E-state index in [-0.39, 0.29) is 6.29 Å². The van der Waals surface area contributed by atoms with E-state index in [4.69, 9.17) is 5.11 Å². The van der Waals surface area contributed by atoms with Crippen molar-refractivity contribution < 1.29 is 32.6 Å². The molecule has 1 aromatic carbocycles. The number of alkyl halides is 2. The van der Waals surface area contributed by atoms with Gasteiger partial charge in [0, 0.05) is 0 Å². The fraction of sp³-hybridized carbons (Fsp3) is 0.111. The van der Waals surface area contributed by atoms with Crippen molar-refractivity contribution in [3.05, 3.63) is 29.1 Å². The first kappa shape index (κ1) is 12.0. The van der Waals surface area contributed by atoms with Crippen molar-refractivity contribution >= 4 is 12.3 Å². The highest BCUT2D eigenvalue weighted by Crippen LogP contribution is 2.24. The maximum atomic E-state index is 13.3. The predicted molar refractivity (Wildman–Crippen MR) is 45.4 cm³/mol. The average molecular weight is 234 g/mol. The molecule has 0 aliphatic rings. The van der Waals surface area contributed by atoms with Gasteiger partial charge in [0.15, 0.2) is 17.9 Å². The molecule has 0 unspecified atom stereocenters. The highest BCUT2D eigenvalue weighted by atomic mass is 19.3. The zero-order chi connectivity index (χ0) is 12.3. The second-order valence-electron chi connectivity index (χ2n) is 2.64. The van der Waals surface area contributed by atoms with Crippen LogP contribution >= 0.6 is 0 Å². The number of aldehydes is 1. The van der Waals surface area contributed by atoms with Crippen LogP contribution < -0.4 is 4.74 Å². The summed E-state index contributed by atoms with van der Waals surface area (Å²) < 4.78 is 40.7. The first-order valence-electron chi connectivity index (χ1n) is 3.93. The average Bonchev–Trinajstić information content (AvgIpc) is 2.19. The van der Waals surface area contributed by atoms with E-state index in [1.54, 1.807) is 0 Å². The largest absolute Gasteiger partial charge is 0.478 e. The molecule has 0 spiro atoms. The number of halogens is 3. The van der Waals surface area contributed by atoms with Crippen LogP contribution in [-0.4, -0.2) is 24.0 Å². The zero-order valence-corrected chi connectivity index (χ0v) is 7.62. The third kappa shape index (κ3) is 2.30. The van der Waals surface area contributed by atoms with Gasteiger partial charge in [0.25, 0.3) is 0 Å². The number of carbonyl (C=O) groups is 2. The highest BCUT2D eigenvalue weighted by molar-refractivity contribution is 5.97. The molecule has 16 heavy (non-hydrogen) atoms. The van der Waals surface area contributed by atoms with E-state index in [1.165, 1.54) is 0 Å². The normalized spacial score (nSPS) is 10.2. The molecule has 1 N–H and O–H groups in total. The molecule has 4 nitrogen and oxygen atoms in total. The lowest BCUT2D eigenvalue weighted by Crippen LogP contribution is -2.09. The molecular weight excluding hydrogens is 229 g/mol. The molecule has 7 heteroatoms. The molecule has 0 fully saturated rings. The van der Waals surface area contributed by atoms with Crippen molar-refractivity contribution in [2.75, 3.05) is 0 Å². The Kier molecular flexibility index (Phi) is 3.49. The molecule has 0 aliphatic carbocycles. The number of benzene rings is 1. The number of hydrogen-bond acceptors (Lipinski definition) is 3. The maximum Gasteiger partial charge on any atom is 0.387 e. The van der Waals surface area contributed by atoms with E-state index < -0.39 is 35.3 Å². The van der Waals surface area contributed by atoms with Crippen LogP contribution in [0.3, 0.4) is 0 Å². The Hall–Kier alpha value is -2.05. The van der Waals surface area contributed by atoms with Crippen LogP contribution in [0, 0.1) is 5.82 Å². The first-order chi connectivity index (χ1) is 7.47.